The third kappa shape index (κ3) is 3.58. The fourth-order valence-corrected chi connectivity index (χ4v) is 2.49. The minimum Gasteiger partial charge on any atom is -0.458 e. The molecule has 0 spiro atoms. The second-order valence-corrected chi connectivity index (χ2v) is 8.10. The quantitative estimate of drug-likeness (QED) is 0.423. The van der Waals surface area contributed by atoms with Crippen LogP contribution in [0.3, 0.4) is 0 Å². The topological polar surface area (TPSA) is 26.3 Å². The second-order valence-electron chi connectivity index (χ2n) is 5.72. The van der Waals surface area contributed by atoms with Crippen LogP contribution in [0.2, 0.25) is 0 Å². The molecular weight excluding hydrogens is 327 g/mol. The SMILES string of the molecule is CCC(C)(I)C(=O)OC1(C(C)C)CCCCC1. The second kappa shape index (κ2) is 5.89. The molecule has 0 bridgehead atoms. The minimum absolute atomic E-state index is 0.0313. The van der Waals surface area contributed by atoms with E-state index in [1.807, 2.05) is 13.8 Å². The molecule has 0 saturated heterocycles. The van der Waals surface area contributed by atoms with Gasteiger partial charge in [-0.15, -0.1) is 0 Å². The number of hydrogen-bond donors (Lipinski definition) is 0. The molecule has 17 heavy (non-hydrogen) atoms. The van der Waals surface area contributed by atoms with Gasteiger partial charge in [-0.2, -0.15) is 0 Å². The molecule has 1 rings (SSSR count). The van der Waals surface area contributed by atoms with E-state index in [4.69, 9.17) is 4.74 Å². The van der Waals surface area contributed by atoms with Crippen molar-refractivity contribution in [2.75, 3.05) is 0 Å². The molecule has 1 atom stereocenters. The molecule has 0 radical (unpaired) electrons. The van der Waals surface area contributed by atoms with Gasteiger partial charge in [0.2, 0.25) is 0 Å². The lowest BCUT2D eigenvalue weighted by atomic mass is 9.77. The first-order valence-electron chi connectivity index (χ1n) is 6.76. The zero-order chi connectivity index (χ0) is 13.1. The summed E-state index contributed by atoms with van der Waals surface area (Å²) in [4.78, 5) is 12.2. The predicted octanol–water partition coefficient (Wildman–Crippen LogP) is 4.49. The lowest BCUT2D eigenvalue weighted by Gasteiger charge is -2.41. The number of rotatable bonds is 4. The van der Waals surface area contributed by atoms with Gasteiger partial charge in [-0.1, -0.05) is 49.8 Å². The summed E-state index contributed by atoms with van der Waals surface area (Å²) in [6, 6.07) is 0. The third-order valence-electron chi connectivity index (χ3n) is 4.14. The standard InChI is InChI=1S/C14H25IO2/c1-5-13(4,15)12(16)17-14(11(2)3)9-7-6-8-10-14/h11H,5-10H2,1-4H3. The van der Waals surface area contributed by atoms with E-state index in [0.717, 1.165) is 19.3 Å². The van der Waals surface area contributed by atoms with E-state index >= 15 is 0 Å². The van der Waals surface area contributed by atoms with Crippen LogP contribution < -0.4 is 0 Å². The molecule has 0 N–H and O–H groups in total. The van der Waals surface area contributed by atoms with E-state index < -0.39 is 0 Å². The third-order valence-corrected chi connectivity index (χ3v) is 5.34. The maximum absolute atomic E-state index is 12.2. The molecule has 0 amide bonds. The lowest BCUT2D eigenvalue weighted by molar-refractivity contribution is -0.171. The maximum Gasteiger partial charge on any atom is 0.322 e. The van der Waals surface area contributed by atoms with Crippen LogP contribution in [0, 0.1) is 5.92 Å². The van der Waals surface area contributed by atoms with Crippen molar-refractivity contribution >= 4 is 28.6 Å². The first-order chi connectivity index (χ1) is 7.84. The van der Waals surface area contributed by atoms with Crippen molar-refractivity contribution in [1.29, 1.82) is 0 Å². The maximum atomic E-state index is 12.2. The summed E-state index contributed by atoms with van der Waals surface area (Å²) in [6.45, 7) is 8.35. The van der Waals surface area contributed by atoms with Gasteiger partial charge in [0.25, 0.3) is 0 Å². The largest absolute Gasteiger partial charge is 0.458 e. The first-order valence-corrected chi connectivity index (χ1v) is 7.84. The molecule has 0 aromatic heterocycles. The highest BCUT2D eigenvalue weighted by molar-refractivity contribution is 14.1. The van der Waals surface area contributed by atoms with E-state index in [9.17, 15) is 4.79 Å². The van der Waals surface area contributed by atoms with Crippen molar-refractivity contribution in [2.45, 2.75) is 75.2 Å². The Bertz CT molecular complexity index is 265. The first kappa shape index (κ1) is 15.3. The molecule has 1 aliphatic rings. The number of alkyl halides is 1. The Morgan fingerprint density at radius 1 is 1.35 bits per heavy atom. The molecule has 2 nitrogen and oxygen atoms in total. The highest BCUT2D eigenvalue weighted by Crippen LogP contribution is 2.39. The fraction of sp³-hybridized carbons (Fsp3) is 0.929. The highest BCUT2D eigenvalue weighted by Gasteiger charge is 2.42. The Balaban J connectivity index is 2.77. The average Bonchev–Trinajstić information content (AvgIpc) is 2.30. The number of hydrogen-bond acceptors (Lipinski definition) is 2. The van der Waals surface area contributed by atoms with Crippen LogP contribution in [-0.2, 0) is 9.53 Å². The summed E-state index contributed by atoms with van der Waals surface area (Å²) in [5.74, 6) is 0.381. The number of esters is 1. The van der Waals surface area contributed by atoms with Gasteiger partial charge in [0.1, 0.15) is 9.02 Å². The Morgan fingerprint density at radius 3 is 2.29 bits per heavy atom. The van der Waals surface area contributed by atoms with Gasteiger partial charge in [0, 0.05) is 0 Å². The van der Waals surface area contributed by atoms with E-state index in [-0.39, 0.29) is 15.0 Å². The van der Waals surface area contributed by atoms with Gasteiger partial charge in [0.15, 0.2) is 0 Å². The van der Waals surface area contributed by atoms with Crippen molar-refractivity contribution in [3.05, 3.63) is 0 Å². The summed E-state index contributed by atoms with van der Waals surface area (Å²) >= 11 is 2.22. The van der Waals surface area contributed by atoms with Crippen molar-refractivity contribution in [2.24, 2.45) is 5.92 Å². The summed E-state index contributed by atoms with van der Waals surface area (Å²) in [5, 5.41) is 0. The monoisotopic (exact) mass is 352 g/mol. The lowest BCUT2D eigenvalue weighted by Crippen LogP contribution is -2.46. The van der Waals surface area contributed by atoms with Crippen LogP contribution in [0.1, 0.15) is 66.2 Å². The molecule has 100 valence electrons. The highest BCUT2D eigenvalue weighted by atomic mass is 127. The van der Waals surface area contributed by atoms with E-state index in [1.165, 1.54) is 19.3 Å². The molecule has 0 aromatic rings. The van der Waals surface area contributed by atoms with Gasteiger partial charge in [-0.3, -0.25) is 4.79 Å². The Hall–Kier alpha value is 0.200. The Morgan fingerprint density at radius 2 is 1.88 bits per heavy atom. The summed E-state index contributed by atoms with van der Waals surface area (Å²) in [6.07, 6.45) is 6.55. The smallest absolute Gasteiger partial charge is 0.322 e. The molecule has 1 unspecified atom stereocenters. The van der Waals surface area contributed by atoms with Gasteiger partial charge in [-0.25, -0.2) is 0 Å². The molecule has 1 saturated carbocycles. The van der Waals surface area contributed by atoms with E-state index in [2.05, 4.69) is 36.4 Å². The molecular formula is C14H25IO2. The van der Waals surface area contributed by atoms with Crippen LogP contribution in [-0.4, -0.2) is 15.0 Å². The van der Waals surface area contributed by atoms with Crippen LogP contribution in [0.15, 0.2) is 0 Å². The Labute approximate surface area is 119 Å². The van der Waals surface area contributed by atoms with Crippen molar-refractivity contribution < 1.29 is 9.53 Å². The molecule has 3 heteroatoms. The van der Waals surface area contributed by atoms with Gasteiger partial charge >= 0.3 is 5.97 Å². The molecule has 1 aliphatic carbocycles. The van der Waals surface area contributed by atoms with Gasteiger partial charge in [0.05, 0.1) is 0 Å². The predicted molar refractivity (Wildman–Crippen MR) is 79.5 cm³/mol. The molecule has 0 aliphatic heterocycles. The average molecular weight is 352 g/mol. The van der Waals surface area contributed by atoms with Gasteiger partial charge in [-0.05, 0) is 44.9 Å². The van der Waals surface area contributed by atoms with Crippen LogP contribution in [0.25, 0.3) is 0 Å². The normalized spacial score (nSPS) is 23.2. The van der Waals surface area contributed by atoms with Gasteiger partial charge < -0.3 is 4.74 Å². The molecule has 0 heterocycles. The number of ether oxygens (including phenoxy) is 1. The summed E-state index contributed by atoms with van der Waals surface area (Å²) < 4.78 is 5.57. The Kier molecular flexibility index (Phi) is 5.29. The zero-order valence-electron chi connectivity index (χ0n) is 11.5. The zero-order valence-corrected chi connectivity index (χ0v) is 13.7. The molecule has 1 fully saturated rings. The van der Waals surface area contributed by atoms with E-state index in [1.54, 1.807) is 0 Å². The van der Waals surface area contributed by atoms with Crippen molar-refractivity contribution in [3.8, 4) is 0 Å². The fourth-order valence-electron chi connectivity index (χ4n) is 2.38. The molecule has 0 aromatic carbocycles. The summed E-state index contributed by atoms with van der Waals surface area (Å²) in [7, 11) is 0. The number of halogens is 1. The van der Waals surface area contributed by atoms with E-state index in [0.29, 0.717) is 5.92 Å². The number of carbonyl (C=O) groups excluding carboxylic acids is 1. The van der Waals surface area contributed by atoms with Crippen molar-refractivity contribution in [3.63, 3.8) is 0 Å². The minimum atomic E-state index is -0.378. The number of carbonyl (C=O) groups is 1. The van der Waals surface area contributed by atoms with Crippen molar-refractivity contribution in [1.82, 2.24) is 0 Å². The van der Waals surface area contributed by atoms with Crippen LogP contribution in [0.4, 0.5) is 0 Å². The van der Waals surface area contributed by atoms with Crippen LogP contribution >= 0.6 is 22.6 Å². The summed E-state index contributed by atoms with van der Waals surface area (Å²) in [5.41, 5.74) is -0.197. The van der Waals surface area contributed by atoms with Crippen LogP contribution in [0.5, 0.6) is 0 Å².